The highest BCUT2D eigenvalue weighted by Crippen LogP contribution is 2.44. The Morgan fingerprint density at radius 1 is 1.58 bits per heavy atom. The van der Waals surface area contributed by atoms with Crippen molar-refractivity contribution in [3.63, 3.8) is 0 Å². The molecule has 0 saturated heterocycles. The molecule has 1 rings (SSSR count). The summed E-state index contributed by atoms with van der Waals surface area (Å²) < 4.78 is 30.1. The average Bonchev–Trinajstić information content (AvgIpc) is 1.95. The summed E-state index contributed by atoms with van der Waals surface area (Å²) in [4.78, 5) is 0. The number of nitrogens with two attached hydrogens (primary N) is 1. The van der Waals surface area contributed by atoms with E-state index in [4.69, 9.17) is 10.5 Å². The van der Waals surface area contributed by atoms with Crippen LogP contribution in [0.2, 0.25) is 0 Å². The van der Waals surface area contributed by atoms with Crippen molar-refractivity contribution in [3.05, 3.63) is 0 Å². The van der Waals surface area contributed by atoms with Gasteiger partial charge in [-0.3, -0.25) is 0 Å². The number of hydrogen-bond acceptors (Lipinski definition) is 2. The minimum atomic E-state index is -2.46. The van der Waals surface area contributed by atoms with Crippen LogP contribution in [0.4, 0.5) is 8.78 Å². The Morgan fingerprint density at radius 2 is 2.17 bits per heavy atom. The lowest BCUT2D eigenvalue weighted by atomic mass is 9.77. The Kier molecular flexibility index (Phi) is 3.01. The van der Waals surface area contributed by atoms with E-state index in [1.54, 1.807) is 0 Å². The van der Waals surface area contributed by atoms with E-state index in [9.17, 15) is 8.78 Å². The van der Waals surface area contributed by atoms with Crippen LogP contribution in [-0.2, 0) is 4.74 Å². The summed E-state index contributed by atoms with van der Waals surface area (Å²) in [5.41, 5.74) is 5.39. The van der Waals surface area contributed by atoms with Crippen molar-refractivity contribution in [3.8, 4) is 0 Å². The van der Waals surface area contributed by atoms with Gasteiger partial charge in [-0.25, -0.2) is 8.78 Å². The number of alkyl halides is 2. The molecule has 72 valence electrons. The van der Waals surface area contributed by atoms with Gasteiger partial charge in [-0.2, -0.15) is 0 Å². The van der Waals surface area contributed by atoms with Crippen molar-refractivity contribution in [1.29, 1.82) is 0 Å². The monoisotopic (exact) mass is 179 g/mol. The van der Waals surface area contributed by atoms with Gasteiger partial charge in [0.25, 0.3) is 0 Å². The molecule has 0 bridgehead atoms. The molecular weight excluding hydrogens is 164 g/mol. The Labute approximate surface area is 71.1 Å². The molecular formula is C8H15F2NO. The normalized spacial score (nSPS) is 25.0. The summed E-state index contributed by atoms with van der Waals surface area (Å²) >= 11 is 0. The van der Waals surface area contributed by atoms with Crippen molar-refractivity contribution in [2.45, 2.75) is 31.8 Å². The van der Waals surface area contributed by atoms with E-state index in [0.717, 1.165) is 0 Å². The molecule has 0 amide bonds. The number of halogens is 2. The molecule has 0 radical (unpaired) electrons. The quantitative estimate of drug-likeness (QED) is 0.708. The van der Waals surface area contributed by atoms with Crippen molar-refractivity contribution in [1.82, 2.24) is 0 Å². The summed E-state index contributed by atoms with van der Waals surface area (Å²) in [6, 6.07) is 0. The van der Waals surface area contributed by atoms with Gasteiger partial charge in [0.1, 0.15) is 0 Å². The molecule has 1 aliphatic carbocycles. The molecule has 0 heterocycles. The smallest absolute Gasteiger partial charge is 0.248 e. The fourth-order valence-corrected chi connectivity index (χ4v) is 1.58. The molecule has 0 aromatic rings. The SMILES string of the molecule is CCOC(CN)C1CC(F)(F)C1. The van der Waals surface area contributed by atoms with E-state index in [2.05, 4.69) is 0 Å². The second kappa shape index (κ2) is 3.66. The van der Waals surface area contributed by atoms with E-state index < -0.39 is 5.92 Å². The fourth-order valence-electron chi connectivity index (χ4n) is 1.58. The second-order valence-electron chi connectivity index (χ2n) is 3.25. The Balaban J connectivity index is 2.29. The van der Waals surface area contributed by atoms with Crippen LogP contribution in [0.1, 0.15) is 19.8 Å². The van der Waals surface area contributed by atoms with Gasteiger partial charge in [0.15, 0.2) is 0 Å². The van der Waals surface area contributed by atoms with Crippen molar-refractivity contribution < 1.29 is 13.5 Å². The minimum Gasteiger partial charge on any atom is -0.377 e. The molecule has 1 fully saturated rings. The first-order valence-electron chi connectivity index (χ1n) is 4.28. The summed E-state index contributed by atoms with van der Waals surface area (Å²) in [6.45, 7) is 2.73. The Morgan fingerprint density at radius 3 is 2.50 bits per heavy atom. The lowest BCUT2D eigenvalue weighted by molar-refractivity contribution is -0.149. The van der Waals surface area contributed by atoms with E-state index in [0.29, 0.717) is 13.2 Å². The van der Waals surface area contributed by atoms with Gasteiger partial charge in [0.2, 0.25) is 5.92 Å². The van der Waals surface area contributed by atoms with Gasteiger partial charge < -0.3 is 10.5 Å². The molecule has 0 aromatic carbocycles. The van der Waals surface area contributed by atoms with E-state index in [1.807, 2.05) is 6.92 Å². The van der Waals surface area contributed by atoms with Crippen LogP contribution in [-0.4, -0.2) is 25.2 Å². The van der Waals surface area contributed by atoms with E-state index >= 15 is 0 Å². The molecule has 1 aliphatic rings. The van der Waals surface area contributed by atoms with Crippen LogP contribution < -0.4 is 5.73 Å². The molecule has 12 heavy (non-hydrogen) atoms. The average molecular weight is 179 g/mol. The molecule has 2 nitrogen and oxygen atoms in total. The van der Waals surface area contributed by atoms with Gasteiger partial charge in [-0.15, -0.1) is 0 Å². The fraction of sp³-hybridized carbons (Fsp3) is 1.00. The highest BCUT2D eigenvalue weighted by molar-refractivity contribution is 4.91. The lowest BCUT2D eigenvalue weighted by Gasteiger charge is -2.39. The van der Waals surface area contributed by atoms with Gasteiger partial charge in [-0.05, 0) is 12.8 Å². The summed E-state index contributed by atoms with van der Waals surface area (Å²) in [7, 11) is 0. The molecule has 0 aliphatic heterocycles. The largest absolute Gasteiger partial charge is 0.377 e. The first kappa shape index (κ1) is 9.86. The molecule has 4 heteroatoms. The highest BCUT2D eigenvalue weighted by Gasteiger charge is 2.48. The zero-order valence-electron chi connectivity index (χ0n) is 7.22. The maximum absolute atomic E-state index is 12.4. The third kappa shape index (κ3) is 2.14. The first-order valence-corrected chi connectivity index (χ1v) is 4.28. The summed E-state index contributed by atoms with van der Waals surface area (Å²) in [6.07, 6.45) is -0.293. The molecule has 1 saturated carbocycles. The van der Waals surface area contributed by atoms with Crippen molar-refractivity contribution in [2.24, 2.45) is 11.7 Å². The van der Waals surface area contributed by atoms with Crippen molar-refractivity contribution in [2.75, 3.05) is 13.2 Å². The maximum atomic E-state index is 12.4. The van der Waals surface area contributed by atoms with Crippen molar-refractivity contribution >= 4 is 0 Å². The molecule has 2 N–H and O–H groups in total. The predicted octanol–water partition coefficient (Wildman–Crippen LogP) is 1.40. The van der Waals surface area contributed by atoms with Gasteiger partial charge in [0.05, 0.1) is 6.10 Å². The van der Waals surface area contributed by atoms with E-state index in [-0.39, 0.29) is 24.9 Å². The maximum Gasteiger partial charge on any atom is 0.248 e. The number of ether oxygens (including phenoxy) is 1. The van der Waals surface area contributed by atoms with Crippen LogP contribution >= 0.6 is 0 Å². The van der Waals surface area contributed by atoms with Crippen LogP contribution in [0.15, 0.2) is 0 Å². The number of hydrogen-bond donors (Lipinski definition) is 1. The highest BCUT2D eigenvalue weighted by atomic mass is 19.3. The molecule has 1 atom stereocenters. The zero-order valence-corrected chi connectivity index (χ0v) is 7.22. The van der Waals surface area contributed by atoms with Crippen LogP contribution in [0, 0.1) is 5.92 Å². The predicted molar refractivity (Wildman–Crippen MR) is 42.1 cm³/mol. The van der Waals surface area contributed by atoms with Crippen LogP contribution in [0.5, 0.6) is 0 Å². The number of rotatable bonds is 4. The van der Waals surface area contributed by atoms with Gasteiger partial charge in [0, 0.05) is 26.0 Å². The lowest BCUT2D eigenvalue weighted by Crippen LogP contribution is -2.45. The summed E-state index contributed by atoms with van der Waals surface area (Å²) in [5.74, 6) is -2.50. The second-order valence-corrected chi connectivity index (χ2v) is 3.25. The van der Waals surface area contributed by atoms with Gasteiger partial charge in [-0.1, -0.05) is 0 Å². The third-order valence-electron chi connectivity index (χ3n) is 2.26. The zero-order chi connectivity index (χ0) is 9.19. The van der Waals surface area contributed by atoms with E-state index in [1.165, 1.54) is 0 Å². The minimum absolute atomic E-state index is 0.0371. The Bertz CT molecular complexity index is 144. The van der Waals surface area contributed by atoms with Crippen LogP contribution in [0.3, 0.4) is 0 Å². The Hall–Kier alpha value is -0.220. The molecule has 0 aromatic heterocycles. The van der Waals surface area contributed by atoms with Crippen LogP contribution in [0.25, 0.3) is 0 Å². The first-order chi connectivity index (χ1) is 5.59. The third-order valence-corrected chi connectivity index (χ3v) is 2.26. The van der Waals surface area contributed by atoms with Gasteiger partial charge >= 0.3 is 0 Å². The molecule has 1 unspecified atom stereocenters. The molecule has 0 spiro atoms. The topological polar surface area (TPSA) is 35.2 Å². The summed E-state index contributed by atoms with van der Waals surface area (Å²) in [5, 5.41) is 0. The standard InChI is InChI=1S/C8H15F2NO/c1-2-12-7(5-11)6-3-8(9,10)4-6/h6-7H,2-5,11H2,1H3.